The number of nitrogens with one attached hydrogen (secondary N) is 1. The van der Waals surface area contributed by atoms with E-state index in [0.29, 0.717) is 6.61 Å². The summed E-state index contributed by atoms with van der Waals surface area (Å²) in [5, 5.41) is 3.08. The first-order valence-electron chi connectivity index (χ1n) is 10.2. The summed E-state index contributed by atoms with van der Waals surface area (Å²) in [6.45, 7) is 3.15. The Labute approximate surface area is 166 Å². The fourth-order valence-electron chi connectivity index (χ4n) is 3.98. The second-order valence-electron chi connectivity index (χ2n) is 7.58. The van der Waals surface area contributed by atoms with E-state index < -0.39 is 0 Å². The average Bonchev–Trinajstić information content (AvgIpc) is 3.39. The van der Waals surface area contributed by atoms with E-state index in [1.54, 1.807) is 0 Å². The number of ether oxygens (including phenoxy) is 2. The largest absolute Gasteiger partial charge is 0.491 e. The minimum absolute atomic E-state index is 0.0599. The van der Waals surface area contributed by atoms with Gasteiger partial charge in [-0.2, -0.15) is 0 Å². The molecule has 2 unspecified atom stereocenters. The van der Waals surface area contributed by atoms with Crippen LogP contribution in [0.4, 0.5) is 5.69 Å². The SMILES string of the molecule is O=C(Nc1cccc(OCC2CCCO2)c1)C1CCCN1Cc1ccccc1. The maximum absolute atomic E-state index is 12.9. The van der Waals surface area contributed by atoms with Crippen LogP contribution in [-0.2, 0) is 16.1 Å². The fraction of sp³-hybridized carbons (Fsp3) is 0.435. The molecular formula is C23H28N2O3. The Morgan fingerprint density at radius 1 is 1.11 bits per heavy atom. The topological polar surface area (TPSA) is 50.8 Å². The molecule has 2 aliphatic rings. The van der Waals surface area contributed by atoms with E-state index in [0.717, 1.165) is 56.8 Å². The molecule has 2 aliphatic heterocycles. The number of amides is 1. The molecular weight excluding hydrogens is 352 g/mol. The van der Waals surface area contributed by atoms with Gasteiger partial charge in [-0.1, -0.05) is 36.4 Å². The summed E-state index contributed by atoms with van der Waals surface area (Å²) in [6, 6.07) is 17.9. The van der Waals surface area contributed by atoms with Crippen molar-refractivity contribution in [2.24, 2.45) is 0 Å². The van der Waals surface area contributed by atoms with E-state index in [1.165, 1.54) is 5.56 Å². The summed E-state index contributed by atoms with van der Waals surface area (Å²) >= 11 is 0. The highest BCUT2D eigenvalue weighted by atomic mass is 16.5. The molecule has 0 saturated carbocycles. The Kier molecular flexibility index (Phi) is 6.24. The fourth-order valence-corrected chi connectivity index (χ4v) is 3.98. The molecule has 0 bridgehead atoms. The Balaban J connectivity index is 1.34. The predicted molar refractivity (Wildman–Crippen MR) is 109 cm³/mol. The molecule has 0 aliphatic carbocycles. The molecule has 2 fully saturated rings. The van der Waals surface area contributed by atoms with Crippen LogP contribution in [0.25, 0.3) is 0 Å². The van der Waals surface area contributed by atoms with Gasteiger partial charge >= 0.3 is 0 Å². The number of carbonyl (C=O) groups excluding carboxylic acids is 1. The van der Waals surface area contributed by atoms with Crippen molar-refractivity contribution in [3.63, 3.8) is 0 Å². The molecule has 0 aromatic heterocycles. The zero-order valence-corrected chi connectivity index (χ0v) is 16.2. The quantitative estimate of drug-likeness (QED) is 0.793. The second-order valence-corrected chi connectivity index (χ2v) is 7.58. The maximum Gasteiger partial charge on any atom is 0.241 e. The van der Waals surface area contributed by atoms with E-state index >= 15 is 0 Å². The molecule has 0 spiro atoms. The van der Waals surface area contributed by atoms with Crippen LogP contribution in [0, 0.1) is 0 Å². The molecule has 2 aromatic carbocycles. The lowest BCUT2D eigenvalue weighted by atomic mass is 10.1. The van der Waals surface area contributed by atoms with Crippen LogP contribution in [-0.4, -0.2) is 42.7 Å². The van der Waals surface area contributed by atoms with Crippen molar-refractivity contribution in [1.29, 1.82) is 0 Å². The van der Waals surface area contributed by atoms with Gasteiger partial charge in [0.25, 0.3) is 0 Å². The van der Waals surface area contributed by atoms with Crippen molar-refractivity contribution in [2.45, 2.75) is 44.4 Å². The first kappa shape index (κ1) is 19.0. The number of anilines is 1. The smallest absolute Gasteiger partial charge is 0.241 e. The van der Waals surface area contributed by atoms with Gasteiger partial charge in [-0.3, -0.25) is 9.69 Å². The van der Waals surface area contributed by atoms with Crippen molar-refractivity contribution in [3.8, 4) is 5.75 Å². The summed E-state index contributed by atoms with van der Waals surface area (Å²) in [6.07, 6.45) is 4.28. The van der Waals surface area contributed by atoms with Gasteiger partial charge in [0.2, 0.25) is 5.91 Å². The van der Waals surface area contributed by atoms with Crippen LogP contribution in [0.15, 0.2) is 54.6 Å². The molecule has 5 heteroatoms. The van der Waals surface area contributed by atoms with Crippen LogP contribution in [0.2, 0.25) is 0 Å². The highest BCUT2D eigenvalue weighted by molar-refractivity contribution is 5.95. The number of hydrogen-bond donors (Lipinski definition) is 1. The highest BCUT2D eigenvalue weighted by Gasteiger charge is 2.30. The molecule has 4 rings (SSSR count). The molecule has 2 heterocycles. The third kappa shape index (κ3) is 4.91. The van der Waals surface area contributed by atoms with Crippen molar-refractivity contribution in [3.05, 3.63) is 60.2 Å². The lowest BCUT2D eigenvalue weighted by molar-refractivity contribution is -0.120. The van der Waals surface area contributed by atoms with Crippen LogP contribution in [0.1, 0.15) is 31.2 Å². The van der Waals surface area contributed by atoms with Crippen molar-refractivity contribution >= 4 is 11.6 Å². The molecule has 2 atom stereocenters. The van der Waals surface area contributed by atoms with Crippen molar-refractivity contribution < 1.29 is 14.3 Å². The lowest BCUT2D eigenvalue weighted by Gasteiger charge is -2.24. The minimum Gasteiger partial charge on any atom is -0.491 e. The van der Waals surface area contributed by atoms with E-state index in [1.807, 2.05) is 42.5 Å². The number of likely N-dealkylation sites (tertiary alicyclic amines) is 1. The summed E-state index contributed by atoms with van der Waals surface area (Å²) < 4.78 is 11.4. The molecule has 1 N–H and O–H groups in total. The number of rotatable bonds is 7. The summed E-state index contributed by atoms with van der Waals surface area (Å²) in [7, 11) is 0. The normalized spacial score (nSPS) is 22.3. The van der Waals surface area contributed by atoms with Crippen LogP contribution >= 0.6 is 0 Å². The van der Waals surface area contributed by atoms with E-state index in [2.05, 4.69) is 22.3 Å². The molecule has 2 aromatic rings. The van der Waals surface area contributed by atoms with E-state index in [9.17, 15) is 4.79 Å². The standard InChI is InChI=1S/C23H28N2O3/c26-23(22-12-5-13-25(22)16-18-7-2-1-3-8-18)24-19-9-4-10-20(15-19)28-17-21-11-6-14-27-21/h1-4,7-10,15,21-22H,5-6,11-14,16-17H2,(H,24,26). The number of benzene rings is 2. The van der Waals surface area contributed by atoms with Crippen molar-refractivity contribution in [1.82, 2.24) is 4.90 Å². The molecule has 5 nitrogen and oxygen atoms in total. The zero-order valence-electron chi connectivity index (χ0n) is 16.2. The molecule has 1 amide bonds. The third-order valence-corrected chi connectivity index (χ3v) is 5.46. The Morgan fingerprint density at radius 3 is 2.82 bits per heavy atom. The summed E-state index contributed by atoms with van der Waals surface area (Å²) in [4.78, 5) is 15.1. The number of carbonyl (C=O) groups is 1. The first-order valence-corrected chi connectivity index (χ1v) is 10.2. The maximum atomic E-state index is 12.9. The minimum atomic E-state index is -0.0864. The molecule has 148 valence electrons. The average molecular weight is 380 g/mol. The van der Waals surface area contributed by atoms with Gasteiger partial charge in [0, 0.05) is 24.9 Å². The second kappa shape index (κ2) is 9.22. The molecule has 0 radical (unpaired) electrons. The first-order chi connectivity index (χ1) is 13.8. The van der Waals surface area contributed by atoms with E-state index in [4.69, 9.17) is 9.47 Å². The van der Waals surface area contributed by atoms with Crippen LogP contribution in [0.3, 0.4) is 0 Å². The van der Waals surface area contributed by atoms with Crippen molar-refractivity contribution in [2.75, 3.05) is 25.1 Å². The predicted octanol–water partition coefficient (Wildman–Crippen LogP) is 3.85. The number of nitrogens with zero attached hydrogens (tertiary/aromatic N) is 1. The lowest BCUT2D eigenvalue weighted by Crippen LogP contribution is -2.39. The molecule has 2 saturated heterocycles. The summed E-state index contributed by atoms with van der Waals surface area (Å²) in [5.74, 6) is 0.825. The van der Waals surface area contributed by atoms with Gasteiger partial charge in [0.05, 0.1) is 12.1 Å². The van der Waals surface area contributed by atoms with Gasteiger partial charge in [0.15, 0.2) is 0 Å². The number of hydrogen-bond acceptors (Lipinski definition) is 4. The third-order valence-electron chi connectivity index (χ3n) is 5.46. The van der Waals surface area contributed by atoms with E-state index in [-0.39, 0.29) is 18.1 Å². The Hall–Kier alpha value is -2.37. The summed E-state index contributed by atoms with van der Waals surface area (Å²) in [5.41, 5.74) is 2.02. The van der Waals surface area contributed by atoms with Crippen LogP contribution in [0.5, 0.6) is 5.75 Å². The monoisotopic (exact) mass is 380 g/mol. The zero-order chi connectivity index (χ0) is 19.2. The van der Waals surface area contributed by atoms with Gasteiger partial charge in [-0.25, -0.2) is 0 Å². The highest BCUT2D eigenvalue weighted by Crippen LogP contribution is 2.24. The molecule has 28 heavy (non-hydrogen) atoms. The van der Waals surface area contributed by atoms with Gasteiger partial charge in [0.1, 0.15) is 12.4 Å². The van der Waals surface area contributed by atoms with Crippen LogP contribution < -0.4 is 10.1 Å². The van der Waals surface area contributed by atoms with Gasteiger partial charge in [-0.05, 0) is 49.9 Å². The Morgan fingerprint density at radius 2 is 2.00 bits per heavy atom. The van der Waals surface area contributed by atoms with Gasteiger partial charge < -0.3 is 14.8 Å². The van der Waals surface area contributed by atoms with Gasteiger partial charge in [-0.15, -0.1) is 0 Å². The Bertz CT molecular complexity index is 774.